The Bertz CT molecular complexity index is 573. The van der Waals surface area contributed by atoms with Crippen LogP contribution in [0.5, 0.6) is 0 Å². The molecule has 0 unspecified atom stereocenters. The molecule has 94 valence electrons. The second-order valence-electron chi connectivity index (χ2n) is 3.65. The van der Waals surface area contributed by atoms with Gasteiger partial charge >= 0.3 is 0 Å². The predicted molar refractivity (Wildman–Crippen MR) is 76.7 cm³/mol. The summed E-state index contributed by atoms with van der Waals surface area (Å²) in [5.41, 5.74) is 0.946. The Morgan fingerprint density at radius 3 is 2.94 bits per heavy atom. The van der Waals surface area contributed by atoms with Gasteiger partial charge in [0.15, 0.2) is 0 Å². The number of carbonyl (C=O) groups excluding carboxylic acids is 1. The van der Waals surface area contributed by atoms with E-state index < -0.39 is 5.24 Å². The van der Waals surface area contributed by atoms with E-state index in [1.165, 1.54) is 4.68 Å². The van der Waals surface area contributed by atoms with Gasteiger partial charge in [0, 0.05) is 6.07 Å². The number of hydrogen-bond acceptors (Lipinski definition) is 2. The third-order valence-electron chi connectivity index (χ3n) is 2.40. The van der Waals surface area contributed by atoms with E-state index in [2.05, 4.69) is 21.0 Å². The fraction of sp³-hybridized carbons (Fsp3) is 0.167. The zero-order chi connectivity index (χ0) is 13.1. The van der Waals surface area contributed by atoms with Crippen molar-refractivity contribution in [1.82, 2.24) is 9.78 Å². The molecule has 6 heteroatoms. The second kappa shape index (κ2) is 5.87. The topological polar surface area (TPSA) is 34.9 Å². The Morgan fingerprint density at radius 1 is 1.44 bits per heavy atom. The summed E-state index contributed by atoms with van der Waals surface area (Å²) in [5.74, 6) is 0. The van der Waals surface area contributed by atoms with Gasteiger partial charge in [0.1, 0.15) is 10.3 Å². The summed E-state index contributed by atoms with van der Waals surface area (Å²) in [5, 5.41) is 4.13. The first-order valence-corrected chi connectivity index (χ1v) is 6.83. The van der Waals surface area contributed by atoms with Crippen molar-refractivity contribution in [2.24, 2.45) is 0 Å². The van der Waals surface area contributed by atoms with Crippen molar-refractivity contribution < 1.29 is 4.79 Å². The van der Waals surface area contributed by atoms with Crippen LogP contribution in [0.2, 0.25) is 0 Å². The number of carbonyl (C=O) groups is 1. The molecule has 0 aliphatic heterocycles. The maximum Gasteiger partial charge on any atom is 0.271 e. The van der Waals surface area contributed by atoms with E-state index in [4.69, 9.17) is 23.2 Å². The van der Waals surface area contributed by atoms with Gasteiger partial charge in [-0.25, -0.2) is 4.68 Å². The summed E-state index contributed by atoms with van der Waals surface area (Å²) in [6.45, 7) is 0. The molecule has 0 fully saturated rings. The average molecular weight is 348 g/mol. The van der Waals surface area contributed by atoms with Crippen molar-refractivity contribution >= 4 is 50.1 Å². The van der Waals surface area contributed by atoms with Crippen molar-refractivity contribution in [1.29, 1.82) is 0 Å². The molecule has 0 N–H and O–H groups in total. The van der Waals surface area contributed by atoms with Crippen LogP contribution < -0.4 is 0 Å². The molecule has 0 atom stereocenters. The Morgan fingerprint density at radius 2 is 2.22 bits per heavy atom. The molecule has 3 nitrogen and oxygen atoms in total. The summed E-state index contributed by atoms with van der Waals surface area (Å²) in [6.07, 6.45) is 9.36. The lowest BCUT2D eigenvalue weighted by atomic mass is 10.2. The van der Waals surface area contributed by atoms with Crippen LogP contribution in [0.3, 0.4) is 0 Å². The first-order valence-electron chi connectivity index (χ1n) is 5.28. The van der Waals surface area contributed by atoms with Crippen LogP contribution in [0.25, 0.3) is 5.70 Å². The largest absolute Gasteiger partial charge is 0.274 e. The van der Waals surface area contributed by atoms with E-state index >= 15 is 0 Å². The van der Waals surface area contributed by atoms with Crippen molar-refractivity contribution in [2.75, 3.05) is 0 Å². The Labute approximate surface area is 123 Å². The fourth-order valence-corrected chi connectivity index (χ4v) is 2.35. The molecule has 0 radical (unpaired) electrons. The van der Waals surface area contributed by atoms with Crippen molar-refractivity contribution in [3.05, 3.63) is 45.7 Å². The molecule has 2 rings (SSSR count). The molecule has 0 saturated heterocycles. The van der Waals surface area contributed by atoms with Gasteiger partial charge < -0.3 is 0 Å². The number of halogens is 3. The van der Waals surface area contributed by atoms with Gasteiger partial charge in [0.2, 0.25) is 0 Å². The van der Waals surface area contributed by atoms with Gasteiger partial charge in [-0.15, -0.1) is 0 Å². The van der Waals surface area contributed by atoms with Crippen LogP contribution in [0, 0.1) is 0 Å². The molecule has 1 aliphatic rings. The van der Waals surface area contributed by atoms with Crippen LogP contribution in [-0.4, -0.2) is 15.0 Å². The van der Waals surface area contributed by atoms with Crippen LogP contribution >= 0.6 is 39.1 Å². The monoisotopic (exact) mass is 346 g/mol. The molecule has 0 amide bonds. The maximum atomic E-state index is 11.4. The number of aromatic nitrogens is 2. The zero-order valence-electron chi connectivity index (χ0n) is 9.24. The molecular formula is C12H9BrCl2N2O. The van der Waals surface area contributed by atoms with Gasteiger partial charge in [-0.3, -0.25) is 4.79 Å². The molecule has 0 spiro atoms. The first kappa shape index (κ1) is 13.6. The Balaban J connectivity index is 2.53. The van der Waals surface area contributed by atoms with Crippen molar-refractivity contribution in [2.45, 2.75) is 12.8 Å². The molecule has 0 bridgehead atoms. The number of rotatable bonds is 2. The van der Waals surface area contributed by atoms with E-state index in [0.29, 0.717) is 15.3 Å². The third kappa shape index (κ3) is 2.94. The van der Waals surface area contributed by atoms with Crippen LogP contribution in [0.1, 0.15) is 23.3 Å². The smallest absolute Gasteiger partial charge is 0.271 e. The minimum Gasteiger partial charge on any atom is -0.274 e. The second-order valence-corrected chi connectivity index (χ2v) is 5.21. The summed E-state index contributed by atoms with van der Waals surface area (Å²) in [6, 6.07) is 1.56. The summed E-state index contributed by atoms with van der Waals surface area (Å²) < 4.78 is 1.99. The van der Waals surface area contributed by atoms with Crippen LogP contribution in [0.4, 0.5) is 0 Å². The predicted octanol–water partition coefficient (Wildman–Crippen LogP) is 4.34. The van der Waals surface area contributed by atoms with Gasteiger partial charge in [-0.2, -0.15) is 5.10 Å². The van der Waals surface area contributed by atoms with Gasteiger partial charge in [0.25, 0.3) is 5.24 Å². The van der Waals surface area contributed by atoms with Crippen molar-refractivity contribution in [3.63, 3.8) is 0 Å². The minimum absolute atomic E-state index is 0.283. The van der Waals surface area contributed by atoms with Gasteiger partial charge in [-0.05, 0) is 46.4 Å². The lowest BCUT2D eigenvalue weighted by Gasteiger charge is -2.10. The van der Waals surface area contributed by atoms with E-state index in [9.17, 15) is 4.79 Å². The molecule has 1 aliphatic carbocycles. The van der Waals surface area contributed by atoms with E-state index in [1.54, 1.807) is 12.1 Å². The average Bonchev–Trinajstić information content (AvgIpc) is 2.66. The Hall–Kier alpha value is -0.840. The SMILES string of the molecule is O=C(Cl)c1cc(Br)nn1C1=C/CC/C=C/C=C\1Cl. The molecule has 1 aromatic rings. The quantitative estimate of drug-likeness (QED) is 0.746. The third-order valence-corrected chi connectivity index (χ3v) is 3.30. The van der Waals surface area contributed by atoms with E-state index in [1.807, 2.05) is 18.2 Å². The lowest BCUT2D eigenvalue weighted by molar-refractivity contribution is 0.107. The van der Waals surface area contributed by atoms with Crippen LogP contribution in [0.15, 0.2) is 40.0 Å². The molecule has 0 saturated carbocycles. The fourth-order valence-electron chi connectivity index (χ4n) is 1.61. The molecule has 0 aromatic carbocycles. The molecule has 1 heterocycles. The van der Waals surface area contributed by atoms with E-state index in [-0.39, 0.29) is 5.69 Å². The Kier molecular flexibility index (Phi) is 4.43. The first-order chi connectivity index (χ1) is 8.59. The van der Waals surface area contributed by atoms with Gasteiger partial charge in [0.05, 0.1) is 10.7 Å². The molecule has 1 aromatic heterocycles. The van der Waals surface area contributed by atoms with Crippen LogP contribution in [-0.2, 0) is 0 Å². The maximum absolute atomic E-state index is 11.4. The molecular weight excluding hydrogens is 339 g/mol. The zero-order valence-corrected chi connectivity index (χ0v) is 12.3. The highest BCUT2D eigenvalue weighted by Gasteiger charge is 2.17. The highest BCUT2D eigenvalue weighted by atomic mass is 79.9. The summed E-state index contributed by atoms with van der Waals surface area (Å²) >= 11 is 15.0. The highest BCUT2D eigenvalue weighted by Crippen LogP contribution is 2.26. The normalized spacial score (nSPS) is 23.3. The van der Waals surface area contributed by atoms with Gasteiger partial charge in [-0.1, -0.05) is 29.8 Å². The number of hydrogen-bond donors (Lipinski definition) is 0. The standard InChI is InChI=1S/C12H9BrCl2N2O/c13-11-7-10(12(15)18)17(16-11)9-6-4-2-1-3-5-8(9)14/h1,3,5-7H,2,4H2/b3-1+,8-5+,9-6+. The minimum atomic E-state index is -0.573. The molecule has 18 heavy (non-hydrogen) atoms. The lowest BCUT2D eigenvalue weighted by Crippen LogP contribution is -2.07. The van der Waals surface area contributed by atoms with Crippen molar-refractivity contribution in [3.8, 4) is 0 Å². The number of allylic oxidation sites excluding steroid dienone is 6. The summed E-state index contributed by atoms with van der Waals surface area (Å²) in [4.78, 5) is 11.4. The summed E-state index contributed by atoms with van der Waals surface area (Å²) in [7, 11) is 0. The number of nitrogens with zero attached hydrogens (tertiary/aromatic N) is 2. The van der Waals surface area contributed by atoms with E-state index in [0.717, 1.165) is 12.8 Å². The highest BCUT2D eigenvalue weighted by molar-refractivity contribution is 9.10.